The molecule has 18 heavy (non-hydrogen) atoms. The molecule has 1 aromatic heterocycles. The number of hydrogen-bond acceptors (Lipinski definition) is 2. The van der Waals surface area contributed by atoms with Crippen molar-refractivity contribution in [3.05, 3.63) is 41.7 Å². The summed E-state index contributed by atoms with van der Waals surface area (Å²) >= 11 is 0. The number of ketones is 1. The number of benzene rings is 1. The van der Waals surface area contributed by atoms with Gasteiger partial charge in [0, 0.05) is 30.8 Å². The summed E-state index contributed by atoms with van der Waals surface area (Å²) in [5.74, 6) is 0.179. The maximum atomic E-state index is 11.7. The highest BCUT2D eigenvalue weighted by molar-refractivity contribution is 5.97. The molecule has 0 aliphatic heterocycles. The number of nitrogens with zero attached hydrogens (tertiary/aromatic N) is 2. The molecule has 3 nitrogen and oxygen atoms in total. The molecule has 2 rings (SSSR count). The normalized spacial score (nSPS) is 10.6. The molecule has 0 radical (unpaired) electrons. The van der Waals surface area contributed by atoms with E-state index in [9.17, 15) is 4.79 Å². The molecule has 0 unspecified atom stereocenters. The number of aryl methyl sites for hydroxylation is 2. The van der Waals surface area contributed by atoms with E-state index in [-0.39, 0.29) is 5.78 Å². The smallest absolute Gasteiger partial charge is 0.162 e. The van der Waals surface area contributed by atoms with Gasteiger partial charge in [0.15, 0.2) is 5.78 Å². The fourth-order valence-corrected chi connectivity index (χ4v) is 2.10. The number of Topliss-reactive ketones (excluding diaryl/α,β-unsaturated/α-hetero) is 1. The van der Waals surface area contributed by atoms with E-state index in [1.165, 1.54) is 0 Å². The maximum Gasteiger partial charge on any atom is 0.162 e. The van der Waals surface area contributed by atoms with Crippen LogP contribution in [0, 0.1) is 0 Å². The van der Waals surface area contributed by atoms with Crippen LogP contribution in [0.25, 0.3) is 11.1 Å². The summed E-state index contributed by atoms with van der Waals surface area (Å²) in [6, 6.07) is 7.80. The van der Waals surface area contributed by atoms with Crippen molar-refractivity contribution in [2.24, 2.45) is 7.05 Å². The van der Waals surface area contributed by atoms with Gasteiger partial charge < -0.3 is 0 Å². The van der Waals surface area contributed by atoms with Crippen molar-refractivity contribution in [3.8, 4) is 11.1 Å². The van der Waals surface area contributed by atoms with E-state index in [0.717, 1.165) is 28.8 Å². The zero-order valence-corrected chi connectivity index (χ0v) is 11.1. The predicted octanol–water partition coefficient (Wildman–Crippen LogP) is 3.24. The van der Waals surface area contributed by atoms with Crippen LogP contribution in [0.1, 0.15) is 36.3 Å². The Morgan fingerprint density at radius 2 is 2.11 bits per heavy atom. The van der Waals surface area contributed by atoms with E-state index in [1.54, 1.807) is 0 Å². The second-order valence-corrected chi connectivity index (χ2v) is 4.37. The quantitative estimate of drug-likeness (QED) is 0.771. The lowest BCUT2D eigenvalue weighted by atomic mass is 10.0. The van der Waals surface area contributed by atoms with Crippen LogP contribution in [0.5, 0.6) is 0 Å². The van der Waals surface area contributed by atoms with Crippen molar-refractivity contribution >= 4 is 5.78 Å². The highest BCUT2D eigenvalue weighted by Gasteiger charge is 2.10. The Labute approximate surface area is 107 Å². The number of carbonyl (C=O) groups excluding carboxylic acids is 1. The van der Waals surface area contributed by atoms with Crippen molar-refractivity contribution in [2.75, 3.05) is 0 Å². The molecule has 3 heteroatoms. The van der Waals surface area contributed by atoms with Gasteiger partial charge >= 0.3 is 0 Å². The Kier molecular flexibility index (Phi) is 3.60. The fourth-order valence-electron chi connectivity index (χ4n) is 2.10. The standard InChI is InChI=1S/C15H18N2O/c1-4-14-13(10-17(3)16-14)11-7-6-8-12(9-11)15(18)5-2/h6-10H,4-5H2,1-3H3. The second-order valence-electron chi connectivity index (χ2n) is 4.37. The summed E-state index contributed by atoms with van der Waals surface area (Å²) in [7, 11) is 1.92. The second kappa shape index (κ2) is 5.17. The highest BCUT2D eigenvalue weighted by Crippen LogP contribution is 2.24. The average Bonchev–Trinajstić information content (AvgIpc) is 2.79. The first-order valence-electron chi connectivity index (χ1n) is 6.31. The van der Waals surface area contributed by atoms with Gasteiger partial charge in [-0.05, 0) is 18.1 Å². The third-order valence-corrected chi connectivity index (χ3v) is 3.06. The molecule has 0 spiro atoms. The third-order valence-electron chi connectivity index (χ3n) is 3.06. The molecule has 0 aliphatic rings. The van der Waals surface area contributed by atoms with Gasteiger partial charge in [-0.1, -0.05) is 32.0 Å². The van der Waals surface area contributed by atoms with Gasteiger partial charge in [0.1, 0.15) is 0 Å². The van der Waals surface area contributed by atoms with Crippen LogP contribution < -0.4 is 0 Å². The largest absolute Gasteiger partial charge is 0.294 e. The van der Waals surface area contributed by atoms with Crippen LogP contribution >= 0.6 is 0 Å². The Balaban J connectivity index is 2.47. The lowest BCUT2D eigenvalue weighted by molar-refractivity contribution is 0.0988. The molecule has 0 bridgehead atoms. The van der Waals surface area contributed by atoms with Crippen molar-refractivity contribution in [1.82, 2.24) is 9.78 Å². The number of hydrogen-bond donors (Lipinski definition) is 0. The fraction of sp³-hybridized carbons (Fsp3) is 0.333. The minimum absolute atomic E-state index is 0.179. The van der Waals surface area contributed by atoms with E-state index in [2.05, 4.69) is 12.0 Å². The van der Waals surface area contributed by atoms with Crippen molar-refractivity contribution in [1.29, 1.82) is 0 Å². The molecule has 1 heterocycles. The van der Waals surface area contributed by atoms with Gasteiger partial charge in [0.05, 0.1) is 5.69 Å². The summed E-state index contributed by atoms with van der Waals surface area (Å²) in [4.78, 5) is 11.7. The van der Waals surface area contributed by atoms with Gasteiger partial charge in [-0.2, -0.15) is 5.10 Å². The van der Waals surface area contributed by atoms with Crippen molar-refractivity contribution in [2.45, 2.75) is 26.7 Å². The number of rotatable bonds is 4. The van der Waals surface area contributed by atoms with Crippen molar-refractivity contribution in [3.63, 3.8) is 0 Å². The molecule has 0 atom stereocenters. The van der Waals surface area contributed by atoms with Gasteiger partial charge in [-0.25, -0.2) is 0 Å². The van der Waals surface area contributed by atoms with Crippen LogP contribution in [0.4, 0.5) is 0 Å². The monoisotopic (exact) mass is 242 g/mol. The van der Waals surface area contributed by atoms with E-state index < -0.39 is 0 Å². The molecule has 0 aliphatic carbocycles. The third kappa shape index (κ3) is 2.35. The Morgan fingerprint density at radius 3 is 2.78 bits per heavy atom. The number of aromatic nitrogens is 2. The highest BCUT2D eigenvalue weighted by atomic mass is 16.1. The van der Waals surface area contributed by atoms with Gasteiger partial charge in [-0.15, -0.1) is 0 Å². The van der Waals surface area contributed by atoms with E-state index >= 15 is 0 Å². The summed E-state index contributed by atoms with van der Waals surface area (Å²) in [6.45, 7) is 3.98. The molecule has 0 saturated carbocycles. The van der Waals surface area contributed by atoms with E-state index in [0.29, 0.717) is 6.42 Å². The molecule has 1 aromatic carbocycles. The van der Waals surface area contributed by atoms with E-state index in [4.69, 9.17) is 0 Å². The van der Waals surface area contributed by atoms with Gasteiger partial charge in [0.2, 0.25) is 0 Å². The maximum absolute atomic E-state index is 11.7. The summed E-state index contributed by atoms with van der Waals surface area (Å²) in [5, 5.41) is 4.43. The molecule has 0 amide bonds. The molecule has 0 fully saturated rings. The summed E-state index contributed by atoms with van der Waals surface area (Å²) < 4.78 is 1.82. The van der Waals surface area contributed by atoms with Crippen LogP contribution in [0.2, 0.25) is 0 Å². The first-order chi connectivity index (χ1) is 8.65. The first-order valence-corrected chi connectivity index (χ1v) is 6.31. The van der Waals surface area contributed by atoms with Crippen LogP contribution in [0.3, 0.4) is 0 Å². The Bertz CT molecular complexity index is 570. The first kappa shape index (κ1) is 12.6. The zero-order chi connectivity index (χ0) is 13.1. The lowest BCUT2D eigenvalue weighted by Gasteiger charge is -2.03. The Morgan fingerprint density at radius 1 is 1.33 bits per heavy atom. The number of carbonyl (C=O) groups is 1. The molecule has 94 valence electrons. The predicted molar refractivity (Wildman–Crippen MR) is 72.6 cm³/mol. The molecular formula is C15H18N2O. The van der Waals surface area contributed by atoms with Gasteiger partial charge in [-0.3, -0.25) is 9.48 Å². The average molecular weight is 242 g/mol. The van der Waals surface area contributed by atoms with E-state index in [1.807, 2.05) is 49.1 Å². The van der Waals surface area contributed by atoms with Crippen LogP contribution in [0.15, 0.2) is 30.5 Å². The van der Waals surface area contributed by atoms with Crippen LogP contribution in [-0.4, -0.2) is 15.6 Å². The lowest BCUT2D eigenvalue weighted by Crippen LogP contribution is -1.96. The molecular weight excluding hydrogens is 224 g/mol. The minimum atomic E-state index is 0.179. The molecule has 0 N–H and O–H groups in total. The molecule has 0 saturated heterocycles. The van der Waals surface area contributed by atoms with Gasteiger partial charge in [0.25, 0.3) is 0 Å². The summed E-state index contributed by atoms with van der Waals surface area (Å²) in [5.41, 5.74) is 4.03. The zero-order valence-electron chi connectivity index (χ0n) is 11.1. The topological polar surface area (TPSA) is 34.9 Å². The SMILES string of the molecule is CCC(=O)c1cccc(-c2cn(C)nc2CC)c1. The minimum Gasteiger partial charge on any atom is -0.294 e. The Hall–Kier alpha value is -1.90. The van der Waals surface area contributed by atoms with Crippen LogP contribution in [-0.2, 0) is 13.5 Å². The van der Waals surface area contributed by atoms with Crippen molar-refractivity contribution < 1.29 is 4.79 Å². The summed E-state index contributed by atoms with van der Waals surface area (Å²) in [6.07, 6.45) is 3.44. The molecule has 2 aromatic rings.